The number of benzene rings is 1. The van der Waals surface area contributed by atoms with Gasteiger partial charge in [0, 0.05) is 38.3 Å². The minimum Gasteiger partial charge on any atom is -0.460 e. The van der Waals surface area contributed by atoms with Crippen LogP contribution in [-0.4, -0.2) is 54.4 Å². The maximum absolute atomic E-state index is 11.8. The topological polar surface area (TPSA) is 103 Å². The number of carbonyl (C=O) groups is 1. The first-order chi connectivity index (χ1) is 14.9. The van der Waals surface area contributed by atoms with Crippen LogP contribution in [0.4, 0.5) is 11.5 Å². The summed E-state index contributed by atoms with van der Waals surface area (Å²) in [6, 6.07) is 6.17. The summed E-state index contributed by atoms with van der Waals surface area (Å²) >= 11 is 0. The van der Waals surface area contributed by atoms with Crippen molar-refractivity contribution < 1.29 is 14.3 Å². The van der Waals surface area contributed by atoms with Crippen LogP contribution in [0.1, 0.15) is 52.1 Å². The van der Waals surface area contributed by atoms with Gasteiger partial charge in [-0.25, -0.2) is 9.97 Å². The van der Waals surface area contributed by atoms with E-state index in [4.69, 9.17) is 25.2 Å². The molecule has 0 radical (unpaired) electrons. The minimum absolute atomic E-state index is 0.137. The minimum atomic E-state index is -0.423. The first-order valence-corrected chi connectivity index (χ1v) is 11.1. The Balaban J connectivity index is 1.54. The van der Waals surface area contributed by atoms with Gasteiger partial charge < -0.3 is 25.4 Å². The molecule has 0 bridgehead atoms. The molecule has 1 aliphatic heterocycles. The number of nitrogens with one attached hydrogen (secondary N) is 1. The summed E-state index contributed by atoms with van der Waals surface area (Å²) in [7, 11) is 0. The monoisotopic (exact) mass is 429 g/mol. The Morgan fingerprint density at radius 2 is 1.94 bits per heavy atom. The molecule has 0 aliphatic carbocycles. The van der Waals surface area contributed by atoms with Crippen LogP contribution in [0, 0.1) is 0 Å². The number of hydrogen-bond donors (Lipinski definition) is 2. The summed E-state index contributed by atoms with van der Waals surface area (Å²) in [4.78, 5) is 23.6. The van der Waals surface area contributed by atoms with Gasteiger partial charge in [-0.2, -0.15) is 0 Å². The maximum atomic E-state index is 11.8. The van der Waals surface area contributed by atoms with Crippen LogP contribution in [0.5, 0.6) is 0 Å². The third-order valence-electron chi connectivity index (χ3n) is 5.06. The molecule has 0 atom stereocenters. The van der Waals surface area contributed by atoms with Gasteiger partial charge in [0.1, 0.15) is 11.4 Å². The molecule has 170 valence electrons. The maximum Gasteiger partial charge on any atom is 0.306 e. The lowest BCUT2D eigenvalue weighted by molar-refractivity contribution is -0.154. The van der Waals surface area contributed by atoms with E-state index in [1.807, 2.05) is 26.8 Å². The molecule has 1 saturated heterocycles. The second-order valence-corrected chi connectivity index (χ2v) is 8.82. The van der Waals surface area contributed by atoms with Gasteiger partial charge in [0.25, 0.3) is 0 Å². The summed E-state index contributed by atoms with van der Waals surface area (Å²) in [5, 5.41) is 3.38. The second kappa shape index (κ2) is 10.7. The van der Waals surface area contributed by atoms with Crippen molar-refractivity contribution in [3.63, 3.8) is 0 Å². The van der Waals surface area contributed by atoms with Crippen LogP contribution in [-0.2, 0) is 20.8 Å². The fraction of sp³-hybridized carbons (Fsp3) is 0.609. The lowest BCUT2D eigenvalue weighted by atomic mass is 10.1. The number of nitrogens with zero attached hydrogens (tertiary/aromatic N) is 3. The SMILES string of the molecule is CC(C)(C)OC(=O)CCCCCNc1nc2cc(N3CCOCC3)ccc2nc1CN. The van der Waals surface area contributed by atoms with E-state index < -0.39 is 5.60 Å². The number of carbonyl (C=O) groups excluding carboxylic acids is 1. The molecule has 1 fully saturated rings. The van der Waals surface area contributed by atoms with E-state index in [9.17, 15) is 4.79 Å². The third-order valence-corrected chi connectivity index (χ3v) is 5.06. The molecule has 0 saturated carbocycles. The Kier molecular flexibility index (Phi) is 8.03. The number of anilines is 2. The highest BCUT2D eigenvalue weighted by Gasteiger charge is 2.16. The van der Waals surface area contributed by atoms with E-state index in [0.29, 0.717) is 13.0 Å². The number of morpholine rings is 1. The van der Waals surface area contributed by atoms with Crippen LogP contribution in [0.2, 0.25) is 0 Å². The number of aromatic nitrogens is 2. The van der Waals surface area contributed by atoms with E-state index in [-0.39, 0.29) is 5.97 Å². The van der Waals surface area contributed by atoms with Crippen LogP contribution >= 0.6 is 0 Å². The number of unbranched alkanes of at least 4 members (excludes halogenated alkanes) is 2. The highest BCUT2D eigenvalue weighted by Crippen LogP contribution is 2.23. The molecule has 1 aliphatic rings. The van der Waals surface area contributed by atoms with Crippen LogP contribution in [0.3, 0.4) is 0 Å². The number of nitrogens with two attached hydrogens (primary N) is 1. The van der Waals surface area contributed by atoms with Crippen molar-refractivity contribution in [1.29, 1.82) is 0 Å². The van der Waals surface area contributed by atoms with E-state index in [1.54, 1.807) is 0 Å². The molecule has 8 heteroatoms. The average molecular weight is 430 g/mol. The van der Waals surface area contributed by atoms with Crippen LogP contribution < -0.4 is 16.0 Å². The summed E-state index contributed by atoms with van der Waals surface area (Å²) in [6.45, 7) is 10.0. The van der Waals surface area contributed by atoms with Crippen molar-refractivity contribution in [2.75, 3.05) is 43.1 Å². The van der Waals surface area contributed by atoms with Crippen LogP contribution in [0.25, 0.3) is 11.0 Å². The van der Waals surface area contributed by atoms with Gasteiger partial charge in [-0.1, -0.05) is 6.42 Å². The van der Waals surface area contributed by atoms with Gasteiger partial charge in [0.15, 0.2) is 0 Å². The molecule has 31 heavy (non-hydrogen) atoms. The quantitative estimate of drug-likeness (QED) is 0.463. The zero-order valence-corrected chi connectivity index (χ0v) is 18.9. The number of fused-ring (bicyclic) bond motifs is 1. The summed E-state index contributed by atoms with van der Waals surface area (Å²) in [6.07, 6.45) is 3.13. The van der Waals surface area contributed by atoms with Gasteiger partial charge >= 0.3 is 5.97 Å². The molecule has 0 amide bonds. The van der Waals surface area contributed by atoms with Gasteiger partial charge in [0.2, 0.25) is 0 Å². The Labute approximate surface area is 184 Å². The second-order valence-electron chi connectivity index (χ2n) is 8.82. The zero-order valence-electron chi connectivity index (χ0n) is 18.9. The standard InChI is InChI=1S/C23H35N5O3/c1-23(2,3)31-21(29)7-5-4-6-10-25-22-20(16-24)26-18-9-8-17(15-19(18)27-22)28-11-13-30-14-12-28/h8-9,15H,4-7,10-14,16,24H2,1-3H3,(H,25,27). The first kappa shape index (κ1) is 23.2. The van der Waals surface area contributed by atoms with Crippen molar-refractivity contribution in [3.05, 3.63) is 23.9 Å². The summed E-state index contributed by atoms with van der Waals surface area (Å²) < 4.78 is 10.8. The van der Waals surface area contributed by atoms with Crippen molar-refractivity contribution in [3.8, 4) is 0 Å². The van der Waals surface area contributed by atoms with E-state index in [1.165, 1.54) is 0 Å². The van der Waals surface area contributed by atoms with Gasteiger partial charge in [0.05, 0.1) is 29.9 Å². The molecule has 1 aromatic carbocycles. The highest BCUT2D eigenvalue weighted by atomic mass is 16.6. The first-order valence-electron chi connectivity index (χ1n) is 11.1. The number of esters is 1. The smallest absolute Gasteiger partial charge is 0.306 e. The van der Waals surface area contributed by atoms with Crippen molar-refractivity contribution in [2.45, 2.75) is 58.6 Å². The largest absolute Gasteiger partial charge is 0.460 e. The lowest BCUT2D eigenvalue weighted by Crippen LogP contribution is -2.36. The summed E-state index contributed by atoms with van der Waals surface area (Å²) in [5.74, 6) is 0.601. The fourth-order valence-electron chi connectivity index (χ4n) is 3.55. The molecule has 3 N–H and O–H groups in total. The van der Waals surface area contributed by atoms with Gasteiger partial charge in [-0.3, -0.25) is 4.79 Å². The molecule has 2 aromatic rings. The normalized spacial score (nSPS) is 14.6. The zero-order chi connectivity index (χ0) is 22.3. The summed E-state index contributed by atoms with van der Waals surface area (Å²) in [5.41, 5.74) is 9.09. The van der Waals surface area contributed by atoms with Gasteiger partial charge in [-0.05, 0) is 51.8 Å². The molecule has 0 spiro atoms. The third kappa shape index (κ3) is 7.04. The molecule has 2 heterocycles. The lowest BCUT2D eigenvalue weighted by Gasteiger charge is -2.28. The average Bonchev–Trinajstić information content (AvgIpc) is 2.74. The van der Waals surface area contributed by atoms with Crippen LogP contribution in [0.15, 0.2) is 18.2 Å². The van der Waals surface area contributed by atoms with Gasteiger partial charge in [-0.15, -0.1) is 0 Å². The Hall–Kier alpha value is -2.45. The van der Waals surface area contributed by atoms with E-state index >= 15 is 0 Å². The number of hydrogen-bond acceptors (Lipinski definition) is 8. The Morgan fingerprint density at radius 1 is 1.16 bits per heavy atom. The molecule has 1 aromatic heterocycles. The fourth-order valence-corrected chi connectivity index (χ4v) is 3.55. The van der Waals surface area contributed by atoms with E-state index in [0.717, 1.165) is 80.3 Å². The highest BCUT2D eigenvalue weighted by molar-refractivity contribution is 5.80. The molecular formula is C23H35N5O3. The molecular weight excluding hydrogens is 394 g/mol. The Morgan fingerprint density at radius 3 is 2.65 bits per heavy atom. The molecule has 0 unspecified atom stereocenters. The Bertz CT molecular complexity index is 875. The molecule has 8 nitrogen and oxygen atoms in total. The number of rotatable bonds is 9. The molecule has 3 rings (SSSR count). The predicted octanol–water partition coefficient (Wildman–Crippen LogP) is 3.24. The van der Waals surface area contributed by atoms with Crippen molar-refractivity contribution >= 4 is 28.5 Å². The van der Waals surface area contributed by atoms with Crippen molar-refractivity contribution in [1.82, 2.24) is 9.97 Å². The van der Waals surface area contributed by atoms with Crippen molar-refractivity contribution in [2.24, 2.45) is 5.73 Å². The van der Waals surface area contributed by atoms with E-state index in [2.05, 4.69) is 22.3 Å². The predicted molar refractivity (Wildman–Crippen MR) is 123 cm³/mol. The number of ether oxygens (including phenoxy) is 2.